The molecule has 2 aromatic rings. The van der Waals surface area contributed by atoms with Gasteiger partial charge in [0.15, 0.2) is 0 Å². The van der Waals surface area contributed by atoms with Crippen LogP contribution in [0.25, 0.3) is 0 Å². The first-order valence-electron chi connectivity index (χ1n) is 7.75. The van der Waals surface area contributed by atoms with Crippen LogP contribution < -0.4 is 5.32 Å². The molecule has 150 valence electrons. The molecule has 0 saturated heterocycles. The number of aliphatic carboxylic acids is 1. The molecule has 0 aliphatic carbocycles. The molecule has 0 bridgehead atoms. The highest BCUT2D eigenvalue weighted by atomic mass is 19.4. The maximum Gasteiger partial charge on any atom is 0.416 e. The number of carbonyl (C=O) groups is 2. The van der Waals surface area contributed by atoms with Crippen molar-refractivity contribution in [1.29, 1.82) is 0 Å². The highest BCUT2D eigenvalue weighted by Gasteiger charge is 2.37. The highest BCUT2D eigenvalue weighted by molar-refractivity contribution is 5.97. The first kappa shape index (κ1) is 21.3. The van der Waals surface area contributed by atoms with E-state index in [9.17, 15) is 41.0 Å². The van der Waals surface area contributed by atoms with Gasteiger partial charge in [0.1, 0.15) is 6.04 Å². The molecule has 2 N–H and O–H groups in total. The molecule has 28 heavy (non-hydrogen) atoms. The number of amides is 1. The Morgan fingerprint density at radius 1 is 0.893 bits per heavy atom. The number of nitrogens with one attached hydrogen (secondary N) is 1. The number of halogens is 6. The number of carboxylic acid groups (broad SMARTS) is 1. The van der Waals surface area contributed by atoms with Crippen molar-refractivity contribution < 1.29 is 41.0 Å². The molecule has 1 atom stereocenters. The van der Waals surface area contributed by atoms with Crippen molar-refractivity contribution in [2.24, 2.45) is 0 Å². The lowest BCUT2D eigenvalue weighted by molar-refractivity contribution is -0.143. The van der Waals surface area contributed by atoms with Crippen LogP contribution in [0.3, 0.4) is 0 Å². The second kappa shape index (κ2) is 7.91. The van der Waals surface area contributed by atoms with Crippen molar-refractivity contribution in [2.45, 2.75) is 24.8 Å². The van der Waals surface area contributed by atoms with Crippen LogP contribution in [0.1, 0.15) is 27.0 Å². The van der Waals surface area contributed by atoms with E-state index in [4.69, 9.17) is 0 Å². The molecule has 0 fully saturated rings. The maximum absolute atomic E-state index is 12.9. The summed E-state index contributed by atoms with van der Waals surface area (Å²) in [7, 11) is 0. The monoisotopic (exact) mass is 405 g/mol. The molecule has 2 rings (SSSR count). The summed E-state index contributed by atoms with van der Waals surface area (Å²) >= 11 is 0. The second-order valence-corrected chi connectivity index (χ2v) is 5.85. The van der Waals surface area contributed by atoms with E-state index in [1.165, 1.54) is 0 Å². The lowest BCUT2D eigenvalue weighted by Crippen LogP contribution is -2.42. The van der Waals surface area contributed by atoms with Gasteiger partial charge in [-0.2, -0.15) is 26.3 Å². The van der Waals surface area contributed by atoms with Crippen molar-refractivity contribution in [3.8, 4) is 0 Å². The highest BCUT2D eigenvalue weighted by Crippen LogP contribution is 2.36. The van der Waals surface area contributed by atoms with Gasteiger partial charge in [-0.05, 0) is 23.8 Å². The third-order valence-corrected chi connectivity index (χ3v) is 3.74. The molecule has 0 saturated carbocycles. The molecule has 10 heteroatoms. The van der Waals surface area contributed by atoms with E-state index in [-0.39, 0.29) is 24.6 Å². The van der Waals surface area contributed by atoms with E-state index in [1.54, 1.807) is 30.3 Å². The number of carboxylic acids is 1. The molecular formula is C18H13F6NO3. The number of benzene rings is 2. The number of rotatable bonds is 5. The fourth-order valence-electron chi connectivity index (χ4n) is 2.38. The van der Waals surface area contributed by atoms with E-state index in [2.05, 4.69) is 0 Å². The SMILES string of the molecule is O=C(N[C@H](Cc1ccccc1)C(=O)O)c1cc(C(F)(F)F)cc(C(F)(F)F)c1. The Balaban J connectivity index is 2.34. The molecule has 0 aromatic heterocycles. The quantitative estimate of drug-likeness (QED) is 0.735. The van der Waals surface area contributed by atoms with Gasteiger partial charge in [-0.25, -0.2) is 4.79 Å². The Morgan fingerprint density at radius 2 is 1.39 bits per heavy atom. The Kier molecular flexibility index (Phi) is 6.01. The van der Waals surface area contributed by atoms with Gasteiger partial charge in [-0.3, -0.25) is 4.79 Å². The maximum atomic E-state index is 12.9. The summed E-state index contributed by atoms with van der Waals surface area (Å²) < 4.78 is 77.3. The van der Waals surface area contributed by atoms with Crippen molar-refractivity contribution in [1.82, 2.24) is 5.32 Å². The fourth-order valence-corrected chi connectivity index (χ4v) is 2.38. The summed E-state index contributed by atoms with van der Waals surface area (Å²) in [6.07, 6.45) is -10.4. The fraction of sp³-hybridized carbons (Fsp3) is 0.222. The summed E-state index contributed by atoms with van der Waals surface area (Å²) in [6, 6.07) is 6.84. The molecule has 1 amide bonds. The van der Waals surface area contributed by atoms with Crippen LogP contribution in [-0.4, -0.2) is 23.0 Å². The average molecular weight is 405 g/mol. The molecule has 4 nitrogen and oxygen atoms in total. The normalized spacial score (nSPS) is 13.1. The van der Waals surface area contributed by atoms with Crippen LogP contribution in [0.15, 0.2) is 48.5 Å². The van der Waals surface area contributed by atoms with Crippen LogP contribution in [0.5, 0.6) is 0 Å². The van der Waals surface area contributed by atoms with Crippen molar-refractivity contribution in [3.05, 3.63) is 70.8 Å². The lowest BCUT2D eigenvalue weighted by Gasteiger charge is -2.17. The van der Waals surface area contributed by atoms with E-state index in [1.807, 2.05) is 5.32 Å². The summed E-state index contributed by atoms with van der Waals surface area (Å²) in [5, 5.41) is 11.2. The predicted octanol–water partition coefficient (Wildman–Crippen LogP) is 4.15. The largest absolute Gasteiger partial charge is 0.480 e. The first-order chi connectivity index (χ1) is 12.9. The number of hydrogen-bond donors (Lipinski definition) is 2. The zero-order valence-electron chi connectivity index (χ0n) is 13.9. The lowest BCUT2D eigenvalue weighted by atomic mass is 10.0. The molecule has 0 spiro atoms. The Labute approximate surface area is 154 Å². The third-order valence-electron chi connectivity index (χ3n) is 3.74. The molecular weight excluding hydrogens is 392 g/mol. The van der Waals surface area contributed by atoms with Gasteiger partial charge in [-0.15, -0.1) is 0 Å². The van der Waals surface area contributed by atoms with E-state index >= 15 is 0 Å². The smallest absolute Gasteiger partial charge is 0.416 e. The van der Waals surface area contributed by atoms with Crippen LogP contribution in [0, 0.1) is 0 Å². The van der Waals surface area contributed by atoms with Crippen molar-refractivity contribution in [2.75, 3.05) is 0 Å². The Morgan fingerprint density at radius 3 is 1.82 bits per heavy atom. The van der Waals surface area contributed by atoms with Crippen LogP contribution >= 0.6 is 0 Å². The number of hydrogen-bond acceptors (Lipinski definition) is 2. The predicted molar refractivity (Wildman–Crippen MR) is 85.5 cm³/mol. The van der Waals surface area contributed by atoms with Crippen molar-refractivity contribution >= 4 is 11.9 Å². The molecule has 0 radical (unpaired) electrons. The van der Waals surface area contributed by atoms with E-state index in [0.717, 1.165) is 0 Å². The number of carbonyl (C=O) groups excluding carboxylic acids is 1. The molecule has 0 aliphatic heterocycles. The third kappa shape index (κ3) is 5.48. The van der Waals surface area contributed by atoms with Gasteiger partial charge >= 0.3 is 18.3 Å². The average Bonchev–Trinajstić information content (AvgIpc) is 2.60. The van der Waals surface area contributed by atoms with E-state index in [0.29, 0.717) is 5.56 Å². The van der Waals surface area contributed by atoms with Crippen LogP contribution in [0.4, 0.5) is 26.3 Å². The summed E-state index contributed by atoms with van der Waals surface area (Å²) in [4.78, 5) is 23.5. The number of alkyl halides is 6. The van der Waals surface area contributed by atoms with Crippen LogP contribution in [-0.2, 0) is 23.6 Å². The van der Waals surface area contributed by atoms with Gasteiger partial charge in [0.25, 0.3) is 5.91 Å². The Bertz CT molecular complexity index is 830. The van der Waals surface area contributed by atoms with Gasteiger partial charge in [0, 0.05) is 12.0 Å². The Hall–Kier alpha value is -3.04. The summed E-state index contributed by atoms with van der Waals surface area (Å²) in [5.74, 6) is -2.85. The molecule has 0 aliphatic rings. The minimum atomic E-state index is -5.12. The zero-order chi connectivity index (χ0) is 21.1. The summed E-state index contributed by atoms with van der Waals surface area (Å²) in [6.45, 7) is 0. The second-order valence-electron chi connectivity index (χ2n) is 5.85. The van der Waals surface area contributed by atoms with Gasteiger partial charge in [0.2, 0.25) is 0 Å². The van der Waals surface area contributed by atoms with Gasteiger partial charge in [0.05, 0.1) is 11.1 Å². The van der Waals surface area contributed by atoms with Crippen molar-refractivity contribution in [3.63, 3.8) is 0 Å². The van der Waals surface area contributed by atoms with Gasteiger partial charge in [-0.1, -0.05) is 30.3 Å². The molecule has 0 heterocycles. The molecule has 0 unspecified atom stereocenters. The zero-order valence-corrected chi connectivity index (χ0v) is 13.9. The minimum Gasteiger partial charge on any atom is -0.480 e. The topological polar surface area (TPSA) is 66.4 Å². The van der Waals surface area contributed by atoms with Crippen LogP contribution in [0.2, 0.25) is 0 Å². The molecule has 2 aromatic carbocycles. The summed E-state index contributed by atoms with van der Waals surface area (Å²) in [5.41, 5.74) is -3.76. The van der Waals surface area contributed by atoms with E-state index < -0.39 is 47.0 Å². The van der Waals surface area contributed by atoms with Gasteiger partial charge < -0.3 is 10.4 Å². The standard InChI is InChI=1S/C18H13F6NO3/c19-17(20,21)12-7-11(8-13(9-12)18(22,23)24)15(26)25-14(16(27)28)6-10-4-2-1-3-5-10/h1-5,7-9,14H,6H2,(H,25,26)(H,27,28)/t14-/m1/s1. The minimum absolute atomic E-state index is 0.116. The first-order valence-corrected chi connectivity index (χ1v) is 7.75.